The van der Waals surface area contributed by atoms with Crippen LogP contribution < -0.4 is 10.2 Å². The lowest BCUT2D eigenvalue weighted by Crippen LogP contribution is -3.11. The maximum absolute atomic E-state index is 12.2. The molecule has 1 unspecified atom stereocenters. The lowest BCUT2D eigenvalue weighted by Gasteiger charge is -2.17. The summed E-state index contributed by atoms with van der Waals surface area (Å²) in [6.07, 6.45) is 0.388. The standard InChI is InChI=1S/C19H21N3O/c1-2-22(14-17-6-4-3-5-7-17)15-19(23)21-18-10-8-16(9-11-18)12-13-20/h3-11H,2,12,14-15H2,1H3,(H,21,23)/p+1. The number of anilines is 1. The number of hydrogen-bond acceptors (Lipinski definition) is 2. The van der Waals surface area contributed by atoms with Gasteiger partial charge in [0.2, 0.25) is 0 Å². The van der Waals surface area contributed by atoms with Gasteiger partial charge in [-0.15, -0.1) is 0 Å². The van der Waals surface area contributed by atoms with E-state index >= 15 is 0 Å². The normalized spacial score (nSPS) is 11.5. The van der Waals surface area contributed by atoms with Gasteiger partial charge in [0.05, 0.1) is 19.0 Å². The molecule has 4 nitrogen and oxygen atoms in total. The molecule has 0 aliphatic rings. The summed E-state index contributed by atoms with van der Waals surface area (Å²) in [5.41, 5.74) is 2.96. The van der Waals surface area contributed by atoms with Crippen LogP contribution in [0, 0.1) is 11.3 Å². The fourth-order valence-electron chi connectivity index (χ4n) is 2.43. The van der Waals surface area contributed by atoms with Crippen molar-refractivity contribution in [2.24, 2.45) is 0 Å². The molecule has 0 saturated carbocycles. The molecule has 118 valence electrons. The van der Waals surface area contributed by atoms with Gasteiger partial charge in [-0.25, -0.2) is 0 Å². The van der Waals surface area contributed by atoms with Crippen LogP contribution in [-0.4, -0.2) is 19.0 Å². The first-order chi connectivity index (χ1) is 11.2. The Hall–Kier alpha value is -2.64. The van der Waals surface area contributed by atoms with Crippen LogP contribution in [0.2, 0.25) is 0 Å². The Morgan fingerprint density at radius 3 is 2.39 bits per heavy atom. The van der Waals surface area contributed by atoms with Gasteiger partial charge in [0, 0.05) is 11.3 Å². The van der Waals surface area contributed by atoms with Gasteiger partial charge >= 0.3 is 0 Å². The summed E-state index contributed by atoms with van der Waals surface area (Å²) in [6, 6.07) is 19.7. The third kappa shape index (κ3) is 5.57. The molecule has 1 atom stereocenters. The minimum Gasteiger partial charge on any atom is -0.324 e. The summed E-state index contributed by atoms with van der Waals surface area (Å²) in [4.78, 5) is 13.4. The Bertz CT molecular complexity index is 659. The van der Waals surface area contributed by atoms with E-state index in [4.69, 9.17) is 5.26 Å². The van der Waals surface area contributed by atoms with Crippen LogP contribution in [0.15, 0.2) is 54.6 Å². The van der Waals surface area contributed by atoms with Crippen molar-refractivity contribution in [2.45, 2.75) is 19.9 Å². The topological polar surface area (TPSA) is 57.3 Å². The maximum atomic E-state index is 12.2. The van der Waals surface area contributed by atoms with Crippen molar-refractivity contribution >= 4 is 11.6 Å². The average molecular weight is 308 g/mol. The molecule has 0 radical (unpaired) electrons. The van der Waals surface area contributed by atoms with Crippen LogP contribution >= 0.6 is 0 Å². The number of carbonyl (C=O) groups excluding carboxylic acids is 1. The van der Waals surface area contributed by atoms with E-state index in [0.717, 1.165) is 24.3 Å². The van der Waals surface area contributed by atoms with Gasteiger partial charge in [0.15, 0.2) is 6.54 Å². The molecule has 0 spiro atoms. The Morgan fingerprint density at radius 1 is 1.09 bits per heavy atom. The first-order valence-electron chi connectivity index (χ1n) is 7.84. The van der Waals surface area contributed by atoms with Crippen molar-refractivity contribution < 1.29 is 9.69 Å². The Balaban J connectivity index is 1.88. The Morgan fingerprint density at radius 2 is 1.78 bits per heavy atom. The molecule has 2 rings (SSSR count). The van der Waals surface area contributed by atoms with Gasteiger partial charge in [0.25, 0.3) is 5.91 Å². The zero-order valence-corrected chi connectivity index (χ0v) is 13.4. The minimum atomic E-state index is 0.00538. The van der Waals surface area contributed by atoms with Crippen molar-refractivity contribution in [3.8, 4) is 6.07 Å². The molecule has 2 aromatic rings. The van der Waals surface area contributed by atoms with Crippen LogP contribution in [-0.2, 0) is 17.8 Å². The lowest BCUT2D eigenvalue weighted by molar-refractivity contribution is -0.903. The third-order valence-electron chi connectivity index (χ3n) is 3.73. The van der Waals surface area contributed by atoms with Crippen LogP contribution in [0.4, 0.5) is 5.69 Å². The molecule has 0 bridgehead atoms. The predicted molar refractivity (Wildman–Crippen MR) is 90.9 cm³/mol. The minimum absolute atomic E-state index is 0.00538. The summed E-state index contributed by atoms with van der Waals surface area (Å²) in [7, 11) is 0. The van der Waals surface area contributed by atoms with Crippen molar-refractivity contribution in [1.29, 1.82) is 5.26 Å². The molecule has 2 N–H and O–H groups in total. The highest BCUT2D eigenvalue weighted by Crippen LogP contribution is 2.09. The molecule has 0 aliphatic carbocycles. The van der Waals surface area contributed by atoms with Crippen LogP contribution in [0.5, 0.6) is 0 Å². The number of rotatable bonds is 7. The van der Waals surface area contributed by atoms with E-state index in [9.17, 15) is 4.79 Å². The fraction of sp³-hybridized carbons (Fsp3) is 0.263. The van der Waals surface area contributed by atoms with Crippen molar-refractivity contribution in [1.82, 2.24) is 0 Å². The van der Waals surface area contributed by atoms with E-state index in [-0.39, 0.29) is 5.91 Å². The van der Waals surface area contributed by atoms with Crippen molar-refractivity contribution in [3.63, 3.8) is 0 Å². The number of amides is 1. The number of nitrogens with zero attached hydrogens (tertiary/aromatic N) is 1. The highest BCUT2D eigenvalue weighted by atomic mass is 16.2. The lowest BCUT2D eigenvalue weighted by atomic mass is 10.1. The van der Waals surface area contributed by atoms with Gasteiger partial charge in [-0.2, -0.15) is 5.26 Å². The molecule has 4 heteroatoms. The largest absolute Gasteiger partial charge is 0.324 e. The summed E-state index contributed by atoms with van der Waals surface area (Å²) >= 11 is 0. The maximum Gasteiger partial charge on any atom is 0.279 e. The number of hydrogen-bond donors (Lipinski definition) is 2. The highest BCUT2D eigenvalue weighted by Gasteiger charge is 2.13. The molecule has 0 saturated heterocycles. The predicted octanol–water partition coefficient (Wildman–Crippen LogP) is 1.80. The van der Waals surface area contributed by atoms with E-state index in [1.54, 1.807) is 0 Å². The Labute approximate surface area is 137 Å². The van der Waals surface area contributed by atoms with E-state index in [1.165, 1.54) is 10.5 Å². The summed E-state index contributed by atoms with van der Waals surface area (Å²) in [5.74, 6) is 0.00538. The second kappa shape index (κ2) is 8.72. The molecular weight excluding hydrogens is 286 g/mol. The molecule has 23 heavy (non-hydrogen) atoms. The van der Waals surface area contributed by atoms with Crippen LogP contribution in [0.3, 0.4) is 0 Å². The van der Waals surface area contributed by atoms with Gasteiger partial charge in [0.1, 0.15) is 6.54 Å². The quantitative estimate of drug-likeness (QED) is 0.819. The molecule has 0 aliphatic heterocycles. The van der Waals surface area contributed by atoms with E-state index in [0.29, 0.717) is 13.0 Å². The first kappa shape index (κ1) is 16.7. The van der Waals surface area contributed by atoms with Gasteiger partial charge in [-0.05, 0) is 24.6 Å². The summed E-state index contributed by atoms with van der Waals surface area (Å²) < 4.78 is 0. The van der Waals surface area contributed by atoms with E-state index in [2.05, 4.69) is 30.4 Å². The number of nitriles is 1. The molecule has 0 aromatic heterocycles. The zero-order valence-electron chi connectivity index (χ0n) is 13.4. The van der Waals surface area contributed by atoms with Crippen molar-refractivity contribution in [2.75, 3.05) is 18.4 Å². The van der Waals surface area contributed by atoms with E-state index in [1.807, 2.05) is 42.5 Å². The monoisotopic (exact) mass is 308 g/mol. The van der Waals surface area contributed by atoms with Crippen LogP contribution in [0.1, 0.15) is 18.1 Å². The number of nitrogens with one attached hydrogen (secondary N) is 2. The Kier molecular flexibility index (Phi) is 6.34. The molecule has 1 amide bonds. The van der Waals surface area contributed by atoms with Gasteiger partial charge < -0.3 is 10.2 Å². The number of benzene rings is 2. The number of quaternary nitrogens is 1. The summed E-state index contributed by atoms with van der Waals surface area (Å²) in [6.45, 7) is 4.25. The first-order valence-corrected chi connectivity index (χ1v) is 7.84. The van der Waals surface area contributed by atoms with Gasteiger partial charge in [-0.3, -0.25) is 4.79 Å². The average Bonchev–Trinajstić information content (AvgIpc) is 2.57. The SMILES string of the molecule is CC[NH+](CC(=O)Nc1ccc(CC#N)cc1)Cc1ccccc1. The summed E-state index contributed by atoms with van der Waals surface area (Å²) in [5, 5.41) is 11.6. The van der Waals surface area contributed by atoms with E-state index < -0.39 is 0 Å². The van der Waals surface area contributed by atoms with Crippen molar-refractivity contribution in [3.05, 3.63) is 65.7 Å². The number of carbonyl (C=O) groups is 1. The molecule has 0 heterocycles. The van der Waals surface area contributed by atoms with Crippen LogP contribution in [0.25, 0.3) is 0 Å². The molecule has 0 fully saturated rings. The second-order valence-electron chi connectivity index (χ2n) is 5.52. The smallest absolute Gasteiger partial charge is 0.279 e. The molecular formula is C19H22N3O+. The molecule has 2 aromatic carbocycles. The zero-order chi connectivity index (χ0) is 16.5. The number of likely N-dealkylation sites (N-methyl/N-ethyl adjacent to an activating group) is 1. The van der Waals surface area contributed by atoms with Gasteiger partial charge in [-0.1, -0.05) is 42.5 Å². The second-order valence-corrected chi connectivity index (χ2v) is 5.52. The fourth-order valence-corrected chi connectivity index (χ4v) is 2.43. The third-order valence-corrected chi connectivity index (χ3v) is 3.73. The highest BCUT2D eigenvalue weighted by molar-refractivity contribution is 5.91.